The number of hydrogen-bond donors (Lipinski definition) is 2. The molecule has 0 aliphatic heterocycles. The van der Waals surface area contributed by atoms with E-state index in [0.717, 1.165) is 12.0 Å². The van der Waals surface area contributed by atoms with Crippen LogP contribution in [0.4, 0.5) is 0 Å². The van der Waals surface area contributed by atoms with Gasteiger partial charge in [-0.25, -0.2) is 0 Å². The summed E-state index contributed by atoms with van der Waals surface area (Å²) in [4.78, 5) is 0. The van der Waals surface area contributed by atoms with E-state index in [1.54, 1.807) is 0 Å². The molecule has 0 spiro atoms. The summed E-state index contributed by atoms with van der Waals surface area (Å²) in [6.07, 6.45) is 5.52. The summed E-state index contributed by atoms with van der Waals surface area (Å²) in [6.45, 7) is 1.20. The van der Waals surface area contributed by atoms with E-state index in [4.69, 9.17) is 0 Å². The van der Waals surface area contributed by atoms with E-state index in [0.29, 0.717) is 0 Å². The molecule has 66 valence electrons. The first-order valence-corrected chi connectivity index (χ1v) is 4.68. The van der Waals surface area contributed by atoms with Crippen molar-refractivity contribution < 1.29 is 0 Å². The highest BCUT2D eigenvalue weighted by atomic mass is 14.9. The molecular weight excluding hydrogens is 136 g/mol. The second-order valence-electron chi connectivity index (χ2n) is 3.56. The lowest BCUT2D eigenvalue weighted by atomic mass is 9.86. The van der Waals surface area contributed by atoms with E-state index in [2.05, 4.69) is 17.7 Å². The van der Waals surface area contributed by atoms with Crippen LogP contribution in [0.15, 0.2) is 0 Å². The van der Waals surface area contributed by atoms with Crippen molar-refractivity contribution in [2.45, 2.75) is 31.7 Å². The van der Waals surface area contributed by atoms with Crippen molar-refractivity contribution in [1.82, 2.24) is 10.6 Å². The van der Waals surface area contributed by atoms with Crippen molar-refractivity contribution in [2.24, 2.45) is 5.92 Å². The van der Waals surface area contributed by atoms with Crippen LogP contribution in [0, 0.1) is 5.92 Å². The molecule has 11 heavy (non-hydrogen) atoms. The van der Waals surface area contributed by atoms with Crippen molar-refractivity contribution in [3.63, 3.8) is 0 Å². The second-order valence-corrected chi connectivity index (χ2v) is 3.56. The van der Waals surface area contributed by atoms with Crippen molar-refractivity contribution >= 4 is 0 Å². The molecule has 0 atom stereocenters. The zero-order valence-electron chi connectivity index (χ0n) is 7.69. The molecule has 1 saturated carbocycles. The minimum atomic E-state index is 0.795. The predicted molar refractivity (Wildman–Crippen MR) is 48.7 cm³/mol. The summed E-state index contributed by atoms with van der Waals surface area (Å²) in [6, 6.07) is 0.795. The lowest BCUT2D eigenvalue weighted by molar-refractivity contribution is 0.297. The van der Waals surface area contributed by atoms with Crippen molar-refractivity contribution in [1.29, 1.82) is 0 Å². The van der Waals surface area contributed by atoms with Gasteiger partial charge in [0, 0.05) is 6.04 Å². The highest BCUT2D eigenvalue weighted by molar-refractivity contribution is 4.76. The largest absolute Gasteiger partial charge is 0.319 e. The molecule has 0 unspecified atom stereocenters. The van der Waals surface area contributed by atoms with Crippen LogP contribution in [0.2, 0.25) is 0 Å². The van der Waals surface area contributed by atoms with E-state index in [1.165, 1.54) is 32.2 Å². The van der Waals surface area contributed by atoms with Crippen LogP contribution in [-0.4, -0.2) is 26.7 Å². The Kier molecular flexibility index (Phi) is 3.87. The van der Waals surface area contributed by atoms with E-state index in [-0.39, 0.29) is 0 Å². The van der Waals surface area contributed by atoms with Crippen LogP contribution in [0.1, 0.15) is 25.7 Å². The molecule has 2 nitrogen and oxygen atoms in total. The van der Waals surface area contributed by atoms with Crippen LogP contribution in [0.25, 0.3) is 0 Å². The van der Waals surface area contributed by atoms with Crippen molar-refractivity contribution in [3.8, 4) is 0 Å². The zero-order valence-corrected chi connectivity index (χ0v) is 7.69. The molecule has 0 aromatic carbocycles. The molecule has 1 aliphatic rings. The normalized spacial score (nSPS) is 32.2. The molecule has 0 amide bonds. The molecular formula is C9H20N2. The minimum absolute atomic E-state index is 0.795. The third kappa shape index (κ3) is 2.80. The minimum Gasteiger partial charge on any atom is -0.319 e. The summed E-state index contributed by atoms with van der Waals surface area (Å²) < 4.78 is 0. The topological polar surface area (TPSA) is 24.1 Å². The molecule has 0 aromatic rings. The number of nitrogens with one attached hydrogen (secondary N) is 2. The third-order valence-corrected chi connectivity index (χ3v) is 2.75. The first-order chi connectivity index (χ1) is 5.36. The predicted octanol–water partition coefficient (Wildman–Crippen LogP) is 0.984. The van der Waals surface area contributed by atoms with Crippen LogP contribution < -0.4 is 10.6 Å². The highest BCUT2D eigenvalue weighted by Crippen LogP contribution is 2.23. The molecule has 1 fully saturated rings. The Bertz CT molecular complexity index is 95.7. The van der Waals surface area contributed by atoms with Gasteiger partial charge in [-0.2, -0.15) is 0 Å². The van der Waals surface area contributed by atoms with Crippen LogP contribution >= 0.6 is 0 Å². The maximum Gasteiger partial charge on any atom is 0.00642 e. The highest BCUT2D eigenvalue weighted by Gasteiger charge is 2.18. The van der Waals surface area contributed by atoms with Crippen LogP contribution in [0.3, 0.4) is 0 Å². The van der Waals surface area contributed by atoms with Gasteiger partial charge in [0.05, 0.1) is 0 Å². The molecule has 1 rings (SSSR count). The fourth-order valence-corrected chi connectivity index (χ4v) is 1.94. The lowest BCUT2D eigenvalue weighted by Crippen LogP contribution is -2.32. The SMILES string of the molecule is CNC[C@H]1CC[C@@H](NC)CC1. The van der Waals surface area contributed by atoms with Crippen LogP contribution in [0.5, 0.6) is 0 Å². The first kappa shape index (κ1) is 9.01. The quantitative estimate of drug-likeness (QED) is 0.636. The fraction of sp³-hybridized carbons (Fsp3) is 1.00. The second kappa shape index (κ2) is 4.73. The molecule has 0 aromatic heterocycles. The number of rotatable bonds is 3. The van der Waals surface area contributed by atoms with Gasteiger partial charge in [-0.1, -0.05) is 0 Å². The summed E-state index contributed by atoms with van der Waals surface area (Å²) in [5.74, 6) is 0.935. The molecule has 0 heterocycles. The van der Waals surface area contributed by atoms with Gasteiger partial charge in [-0.05, 0) is 52.2 Å². The summed E-state index contributed by atoms with van der Waals surface area (Å²) >= 11 is 0. The van der Waals surface area contributed by atoms with Gasteiger partial charge < -0.3 is 10.6 Å². The Morgan fingerprint density at radius 2 is 1.73 bits per heavy atom. The van der Waals surface area contributed by atoms with E-state index < -0.39 is 0 Å². The first-order valence-electron chi connectivity index (χ1n) is 4.68. The van der Waals surface area contributed by atoms with E-state index in [9.17, 15) is 0 Å². The average Bonchev–Trinajstić information content (AvgIpc) is 2.07. The van der Waals surface area contributed by atoms with E-state index in [1.807, 2.05) is 7.05 Å². The summed E-state index contributed by atoms with van der Waals surface area (Å²) in [5.41, 5.74) is 0. The monoisotopic (exact) mass is 156 g/mol. The Labute approximate surface area is 69.8 Å². The van der Waals surface area contributed by atoms with Gasteiger partial charge in [0.25, 0.3) is 0 Å². The Morgan fingerprint density at radius 1 is 1.09 bits per heavy atom. The molecule has 0 bridgehead atoms. The van der Waals surface area contributed by atoms with Crippen LogP contribution in [-0.2, 0) is 0 Å². The van der Waals surface area contributed by atoms with Gasteiger partial charge in [-0.15, -0.1) is 0 Å². The van der Waals surface area contributed by atoms with E-state index >= 15 is 0 Å². The molecule has 1 aliphatic carbocycles. The molecule has 2 heteroatoms. The third-order valence-electron chi connectivity index (χ3n) is 2.75. The summed E-state index contributed by atoms with van der Waals surface area (Å²) in [5, 5.41) is 6.60. The lowest BCUT2D eigenvalue weighted by Gasteiger charge is -2.27. The zero-order chi connectivity index (χ0) is 8.10. The molecule has 2 N–H and O–H groups in total. The van der Waals surface area contributed by atoms with Crippen molar-refractivity contribution in [3.05, 3.63) is 0 Å². The smallest absolute Gasteiger partial charge is 0.00642 e. The Balaban J connectivity index is 2.14. The van der Waals surface area contributed by atoms with Gasteiger partial charge in [-0.3, -0.25) is 0 Å². The van der Waals surface area contributed by atoms with Gasteiger partial charge >= 0.3 is 0 Å². The van der Waals surface area contributed by atoms with Gasteiger partial charge in [0.1, 0.15) is 0 Å². The molecule has 0 radical (unpaired) electrons. The van der Waals surface area contributed by atoms with Crippen molar-refractivity contribution in [2.75, 3.05) is 20.6 Å². The molecule has 0 saturated heterocycles. The van der Waals surface area contributed by atoms with Gasteiger partial charge in [0.2, 0.25) is 0 Å². The average molecular weight is 156 g/mol. The summed E-state index contributed by atoms with van der Waals surface area (Å²) in [7, 11) is 4.12. The standard InChI is InChI=1S/C9H20N2/c1-10-7-8-3-5-9(11-2)6-4-8/h8-11H,3-7H2,1-2H3/t8-,9+. The Morgan fingerprint density at radius 3 is 2.18 bits per heavy atom. The maximum absolute atomic E-state index is 3.35. The number of hydrogen-bond acceptors (Lipinski definition) is 2. The maximum atomic E-state index is 3.35. The fourth-order valence-electron chi connectivity index (χ4n) is 1.94. The Hall–Kier alpha value is -0.0800. The van der Waals surface area contributed by atoms with Gasteiger partial charge in [0.15, 0.2) is 0 Å².